The van der Waals surface area contributed by atoms with Gasteiger partial charge >= 0.3 is 0 Å². The maximum atomic E-state index is 4.91. The van der Waals surface area contributed by atoms with E-state index in [1.165, 1.54) is 11.7 Å². The molecule has 0 spiro atoms. The molecule has 33 heavy (non-hydrogen) atoms. The van der Waals surface area contributed by atoms with Gasteiger partial charge in [-0.2, -0.15) is 0 Å². The summed E-state index contributed by atoms with van der Waals surface area (Å²) in [6.45, 7) is 0.606. The van der Waals surface area contributed by atoms with Crippen molar-refractivity contribution in [2.24, 2.45) is 0 Å². The average Bonchev–Trinajstić information content (AvgIpc) is 3.31. The van der Waals surface area contributed by atoms with Crippen molar-refractivity contribution in [3.8, 4) is 22.5 Å². The molecule has 0 amide bonds. The second-order valence-electron chi connectivity index (χ2n) is 7.82. The van der Waals surface area contributed by atoms with Crippen molar-refractivity contribution in [3.63, 3.8) is 0 Å². The molecule has 0 aliphatic rings. The van der Waals surface area contributed by atoms with Gasteiger partial charge in [0.2, 0.25) is 0 Å². The van der Waals surface area contributed by atoms with E-state index in [0.717, 1.165) is 44.6 Å². The highest BCUT2D eigenvalue weighted by molar-refractivity contribution is 6.02. The number of nitrogens with zero attached hydrogens (tertiary/aromatic N) is 4. The Balaban J connectivity index is 1.49. The van der Waals surface area contributed by atoms with E-state index >= 15 is 0 Å². The Labute approximate surface area is 190 Å². The first-order valence-corrected chi connectivity index (χ1v) is 10.8. The maximum Gasteiger partial charge on any atom is 0.165 e. The molecule has 0 unspecified atom stereocenters. The fourth-order valence-corrected chi connectivity index (χ4v) is 4.12. The molecule has 2 N–H and O–H groups in total. The Morgan fingerprint density at radius 3 is 2.42 bits per heavy atom. The molecule has 3 aromatic heterocycles. The lowest BCUT2D eigenvalue weighted by Crippen LogP contribution is -2.05. The van der Waals surface area contributed by atoms with Crippen LogP contribution in [0.5, 0.6) is 0 Å². The number of nitrogens with one attached hydrogen (secondary N) is 2. The molecule has 0 radical (unpaired) electrons. The van der Waals surface area contributed by atoms with Gasteiger partial charge in [-0.15, -0.1) is 0 Å². The van der Waals surface area contributed by atoms with Gasteiger partial charge in [0.1, 0.15) is 12.1 Å². The SMILES string of the molecule is c1ccc(-c2cccc3nc(-c4cncnc4)nc(NCc4cc5ccccc5[nH]4)c23)cc1. The molecule has 0 aliphatic heterocycles. The summed E-state index contributed by atoms with van der Waals surface area (Å²) in [5.74, 6) is 1.37. The smallest absolute Gasteiger partial charge is 0.165 e. The average molecular weight is 428 g/mol. The highest BCUT2D eigenvalue weighted by Crippen LogP contribution is 2.34. The number of hydrogen-bond donors (Lipinski definition) is 2. The van der Waals surface area contributed by atoms with Crippen molar-refractivity contribution in [2.75, 3.05) is 5.32 Å². The molecule has 0 saturated carbocycles. The maximum absolute atomic E-state index is 4.91. The summed E-state index contributed by atoms with van der Waals surface area (Å²) in [5, 5.41) is 5.74. The molecule has 6 aromatic rings. The molecule has 0 saturated heterocycles. The number of benzene rings is 3. The second kappa shape index (κ2) is 8.16. The van der Waals surface area contributed by atoms with Crippen LogP contribution in [0.25, 0.3) is 44.3 Å². The lowest BCUT2D eigenvalue weighted by molar-refractivity contribution is 1.06. The molecule has 3 aromatic carbocycles. The lowest BCUT2D eigenvalue weighted by Gasteiger charge is -2.14. The molecule has 158 valence electrons. The molecule has 6 rings (SSSR count). The fraction of sp³-hybridized carbons (Fsp3) is 0.0370. The van der Waals surface area contributed by atoms with Crippen LogP contribution in [0.3, 0.4) is 0 Å². The number of fused-ring (bicyclic) bond motifs is 2. The molecule has 6 heteroatoms. The summed E-state index contributed by atoms with van der Waals surface area (Å²) in [7, 11) is 0. The van der Waals surface area contributed by atoms with Crippen molar-refractivity contribution >= 4 is 27.6 Å². The van der Waals surface area contributed by atoms with Gasteiger partial charge in [0, 0.05) is 23.6 Å². The number of anilines is 1. The van der Waals surface area contributed by atoms with E-state index < -0.39 is 0 Å². The summed E-state index contributed by atoms with van der Waals surface area (Å²) in [4.78, 5) is 21.5. The normalized spacial score (nSPS) is 11.2. The number of para-hydroxylation sites is 1. The van der Waals surface area contributed by atoms with Gasteiger partial charge in [-0.3, -0.25) is 0 Å². The number of H-pyrrole nitrogens is 1. The van der Waals surface area contributed by atoms with Crippen LogP contribution >= 0.6 is 0 Å². The van der Waals surface area contributed by atoms with Crippen LogP contribution in [-0.4, -0.2) is 24.9 Å². The van der Waals surface area contributed by atoms with E-state index in [1.807, 2.05) is 42.5 Å². The predicted octanol–water partition coefficient (Wildman–Crippen LogP) is 5.85. The molecule has 0 aliphatic carbocycles. The Kier molecular flexibility index (Phi) is 4.73. The standard InChI is InChI=1S/C27H20N6/c1-2-7-18(8-3-1)22-10-6-12-24-25(22)27(33-26(32-24)20-14-28-17-29-15-20)30-16-21-13-19-9-4-5-11-23(19)31-21/h1-15,17,31H,16H2,(H,30,32,33). The molecular formula is C27H20N6. The highest BCUT2D eigenvalue weighted by atomic mass is 15.0. The van der Waals surface area contributed by atoms with E-state index in [1.54, 1.807) is 12.4 Å². The summed E-state index contributed by atoms with van der Waals surface area (Å²) in [6, 6.07) is 26.9. The van der Waals surface area contributed by atoms with Crippen LogP contribution in [0.4, 0.5) is 5.82 Å². The molecular weight excluding hydrogens is 408 g/mol. The first-order valence-electron chi connectivity index (χ1n) is 10.8. The summed E-state index contributed by atoms with van der Waals surface area (Å²) in [5.41, 5.74) is 6.06. The molecule has 0 atom stereocenters. The van der Waals surface area contributed by atoms with Crippen LogP contribution in [0.1, 0.15) is 5.69 Å². The zero-order chi connectivity index (χ0) is 22.0. The predicted molar refractivity (Wildman–Crippen MR) is 132 cm³/mol. The number of aromatic nitrogens is 5. The quantitative estimate of drug-likeness (QED) is 0.360. The first-order chi connectivity index (χ1) is 16.3. The topological polar surface area (TPSA) is 79.4 Å². The Hall–Kier alpha value is -4.58. The Morgan fingerprint density at radius 1 is 0.758 bits per heavy atom. The third kappa shape index (κ3) is 3.68. The van der Waals surface area contributed by atoms with Gasteiger partial charge in [0.15, 0.2) is 5.82 Å². The monoisotopic (exact) mass is 428 g/mol. The molecule has 0 fully saturated rings. The van der Waals surface area contributed by atoms with Gasteiger partial charge in [0.25, 0.3) is 0 Å². The van der Waals surface area contributed by atoms with E-state index in [-0.39, 0.29) is 0 Å². The zero-order valence-corrected chi connectivity index (χ0v) is 17.7. The van der Waals surface area contributed by atoms with E-state index in [9.17, 15) is 0 Å². The van der Waals surface area contributed by atoms with Crippen molar-refractivity contribution in [3.05, 3.63) is 103 Å². The number of aromatic amines is 1. The van der Waals surface area contributed by atoms with E-state index in [0.29, 0.717) is 12.4 Å². The largest absolute Gasteiger partial charge is 0.364 e. The van der Waals surface area contributed by atoms with E-state index in [2.05, 4.69) is 56.7 Å². The van der Waals surface area contributed by atoms with Gasteiger partial charge in [0.05, 0.1) is 23.0 Å². The van der Waals surface area contributed by atoms with Crippen LogP contribution in [0, 0.1) is 0 Å². The highest BCUT2D eigenvalue weighted by Gasteiger charge is 2.15. The minimum atomic E-state index is 0.590. The van der Waals surface area contributed by atoms with E-state index in [4.69, 9.17) is 9.97 Å². The van der Waals surface area contributed by atoms with Gasteiger partial charge in [-0.1, -0.05) is 60.7 Å². The summed E-state index contributed by atoms with van der Waals surface area (Å²) in [6.07, 6.45) is 4.97. The fourth-order valence-electron chi connectivity index (χ4n) is 4.12. The molecule has 3 heterocycles. The van der Waals surface area contributed by atoms with Crippen LogP contribution in [0.2, 0.25) is 0 Å². The minimum Gasteiger partial charge on any atom is -0.364 e. The molecule has 6 nitrogen and oxygen atoms in total. The third-order valence-electron chi connectivity index (χ3n) is 5.66. The molecule has 0 bridgehead atoms. The van der Waals surface area contributed by atoms with Crippen LogP contribution in [-0.2, 0) is 6.54 Å². The van der Waals surface area contributed by atoms with Crippen molar-refractivity contribution in [1.82, 2.24) is 24.9 Å². The Bertz CT molecular complexity index is 1530. The Morgan fingerprint density at radius 2 is 1.58 bits per heavy atom. The zero-order valence-electron chi connectivity index (χ0n) is 17.7. The van der Waals surface area contributed by atoms with Crippen LogP contribution < -0.4 is 5.32 Å². The number of rotatable bonds is 5. The summed E-state index contributed by atoms with van der Waals surface area (Å²) >= 11 is 0. The summed E-state index contributed by atoms with van der Waals surface area (Å²) < 4.78 is 0. The number of hydrogen-bond acceptors (Lipinski definition) is 5. The van der Waals surface area contributed by atoms with Crippen molar-refractivity contribution in [1.29, 1.82) is 0 Å². The van der Waals surface area contributed by atoms with Crippen molar-refractivity contribution < 1.29 is 0 Å². The van der Waals surface area contributed by atoms with Gasteiger partial charge in [-0.05, 0) is 34.7 Å². The lowest BCUT2D eigenvalue weighted by atomic mass is 10.0. The first kappa shape index (κ1) is 19.1. The second-order valence-corrected chi connectivity index (χ2v) is 7.82. The minimum absolute atomic E-state index is 0.590. The van der Waals surface area contributed by atoms with Gasteiger partial charge in [-0.25, -0.2) is 19.9 Å². The van der Waals surface area contributed by atoms with Gasteiger partial charge < -0.3 is 10.3 Å². The third-order valence-corrected chi connectivity index (χ3v) is 5.66. The van der Waals surface area contributed by atoms with Crippen LogP contribution in [0.15, 0.2) is 97.6 Å². The van der Waals surface area contributed by atoms with Crippen molar-refractivity contribution in [2.45, 2.75) is 6.54 Å².